The van der Waals surface area contributed by atoms with Crippen molar-refractivity contribution in [2.45, 2.75) is 59.1 Å². The van der Waals surface area contributed by atoms with E-state index in [1.807, 2.05) is 81.1 Å². The summed E-state index contributed by atoms with van der Waals surface area (Å²) in [6, 6.07) is 20.1. The molecule has 4 aromatic rings. The van der Waals surface area contributed by atoms with Gasteiger partial charge in [0, 0.05) is 25.2 Å². The minimum Gasteiger partial charge on any atom is -0.444 e. The molecule has 1 saturated heterocycles. The monoisotopic (exact) mass is 513 g/mol. The van der Waals surface area contributed by atoms with Crippen LogP contribution in [-0.2, 0) is 11.3 Å². The average molecular weight is 514 g/mol. The SMILES string of the molecule is Cc1nc(Oc2ccccc2)nc2c1nc(-c1ccccc1)n2CCC1CCN(C(=O)OC(C)(C)C)CC1. The molecule has 1 amide bonds. The van der Waals surface area contributed by atoms with Crippen molar-refractivity contribution in [3.8, 4) is 23.1 Å². The Balaban J connectivity index is 1.38. The molecule has 1 aliphatic rings. The molecule has 0 aliphatic carbocycles. The van der Waals surface area contributed by atoms with Crippen molar-refractivity contribution in [1.82, 2.24) is 24.4 Å². The van der Waals surface area contributed by atoms with Gasteiger partial charge in [-0.15, -0.1) is 0 Å². The molecule has 0 spiro atoms. The number of aromatic nitrogens is 4. The fourth-order valence-electron chi connectivity index (χ4n) is 4.81. The van der Waals surface area contributed by atoms with Crippen LogP contribution in [0.4, 0.5) is 4.79 Å². The van der Waals surface area contributed by atoms with Crippen molar-refractivity contribution in [3.05, 3.63) is 66.4 Å². The molecule has 1 fully saturated rings. The van der Waals surface area contributed by atoms with Crippen LogP contribution < -0.4 is 4.74 Å². The number of carbonyl (C=O) groups excluding carboxylic acids is 1. The summed E-state index contributed by atoms with van der Waals surface area (Å²) in [5, 5.41) is 0. The first-order valence-electron chi connectivity index (χ1n) is 13.3. The highest BCUT2D eigenvalue weighted by molar-refractivity contribution is 5.79. The number of amides is 1. The second kappa shape index (κ2) is 10.8. The third-order valence-corrected chi connectivity index (χ3v) is 6.76. The Labute approximate surface area is 223 Å². The molecule has 198 valence electrons. The minimum absolute atomic E-state index is 0.221. The molecule has 8 heteroatoms. The quantitative estimate of drug-likeness (QED) is 0.288. The normalized spacial score (nSPS) is 14.6. The molecule has 3 heterocycles. The lowest BCUT2D eigenvalue weighted by molar-refractivity contribution is 0.0180. The predicted molar refractivity (Wildman–Crippen MR) is 147 cm³/mol. The minimum atomic E-state index is -0.479. The Hall–Kier alpha value is -3.94. The lowest BCUT2D eigenvalue weighted by Crippen LogP contribution is -2.41. The fraction of sp³-hybridized carbons (Fsp3) is 0.400. The molecule has 5 rings (SSSR count). The van der Waals surface area contributed by atoms with Gasteiger partial charge in [-0.2, -0.15) is 9.97 Å². The summed E-state index contributed by atoms with van der Waals surface area (Å²) in [5.41, 5.74) is 2.89. The molecule has 8 nitrogen and oxygen atoms in total. The Kier molecular flexibility index (Phi) is 7.31. The van der Waals surface area contributed by atoms with Gasteiger partial charge in [0.15, 0.2) is 5.65 Å². The molecule has 0 radical (unpaired) electrons. The highest BCUT2D eigenvalue weighted by Crippen LogP contribution is 2.30. The van der Waals surface area contributed by atoms with Gasteiger partial charge in [0.2, 0.25) is 0 Å². The first kappa shape index (κ1) is 25.7. The first-order chi connectivity index (χ1) is 18.3. The first-order valence-corrected chi connectivity index (χ1v) is 13.3. The molecule has 0 N–H and O–H groups in total. The van der Waals surface area contributed by atoms with Gasteiger partial charge in [0.1, 0.15) is 22.7 Å². The van der Waals surface area contributed by atoms with E-state index < -0.39 is 5.60 Å². The topological polar surface area (TPSA) is 82.4 Å². The van der Waals surface area contributed by atoms with E-state index in [-0.39, 0.29) is 6.09 Å². The van der Waals surface area contributed by atoms with E-state index in [9.17, 15) is 4.79 Å². The van der Waals surface area contributed by atoms with Gasteiger partial charge >= 0.3 is 12.1 Å². The van der Waals surface area contributed by atoms with E-state index in [1.54, 1.807) is 0 Å². The number of aryl methyl sites for hydroxylation is 2. The summed E-state index contributed by atoms with van der Waals surface area (Å²) < 4.78 is 13.7. The van der Waals surface area contributed by atoms with Gasteiger partial charge in [-0.25, -0.2) is 9.78 Å². The number of imidazole rings is 1. The van der Waals surface area contributed by atoms with Crippen LogP contribution in [-0.4, -0.2) is 49.2 Å². The molecule has 0 atom stereocenters. The summed E-state index contributed by atoms with van der Waals surface area (Å²) in [6.45, 7) is 9.84. The van der Waals surface area contributed by atoms with Gasteiger partial charge < -0.3 is 18.9 Å². The smallest absolute Gasteiger partial charge is 0.410 e. The summed E-state index contributed by atoms with van der Waals surface area (Å²) >= 11 is 0. The molecular weight excluding hydrogens is 478 g/mol. The molecule has 2 aromatic carbocycles. The molecule has 0 bridgehead atoms. The largest absolute Gasteiger partial charge is 0.444 e. The maximum absolute atomic E-state index is 12.5. The van der Waals surface area contributed by atoms with Crippen LogP contribution in [0, 0.1) is 12.8 Å². The van der Waals surface area contributed by atoms with Crippen molar-refractivity contribution < 1.29 is 14.3 Å². The number of ether oxygens (including phenoxy) is 2. The van der Waals surface area contributed by atoms with Crippen molar-refractivity contribution in [3.63, 3.8) is 0 Å². The van der Waals surface area contributed by atoms with E-state index in [2.05, 4.69) is 21.7 Å². The number of fused-ring (bicyclic) bond motifs is 1. The lowest BCUT2D eigenvalue weighted by atomic mass is 9.93. The van der Waals surface area contributed by atoms with E-state index in [4.69, 9.17) is 19.4 Å². The zero-order valence-corrected chi connectivity index (χ0v) is 22.6. The second-order valence-electron chi connectivity index (χ2n) is 10.8. The number of hydrogen-bond acceptors (Lipinski definition) is 6. The molecule has 38 heavy (non-hydrogen) atoms. The summed E-state index contributed by atoms with van der Waals surface area (Å²) in [5.74, 6) is 2.07. The van der Waals surface area contributed by atoms with Crippen LogP contribution in [0.15, 0.2) is 60.7 Å². The van der Waals surface area contributed by atoms with Gasteiger partial charge in [0.05, 0.1) is 5.69 Å². The number of rotatable bonds is 6. The van der Waals surface area contributed by atoms with Gasteiger partial charge in [-0.05, 0) is 65.0 Å². The lowest BCUT2D eigenvalue weighted by Gasteiger charge is -2.33. The Morgan fingerprint density at radius 1 is 0.947 bits per heavy atom. The van der Waals surface area contributed by atoms with Crippen molar-refractivity contribution >= 4 is 17.3 Å². The van der Waals surface area contributed by atoms with Crippen LogP contribution in [0.5, 0.6) is 11.8 Å². The molecule has 1 aliphatic heterocycles. The van der Waals surface area contributed by atoms with Crippen LogP contribution in [0.1, 0.15) is 45.7 Å². The van der Waals surface area contributed by atoms with Crippen LogP contribution in [0.25, 0.3) is 22.6 Å². The van der Waals surface area contributed by atoms with Gasteiger partial charge in [-0.1, -0.05) is 48.5 Å². The maximum atomic E-state index is 12.5. The van der Waals surface area contributed by atoms with E-state index >= 15 is 0 Å². The number of benzene rings is 2. The number of nitrogens with zero attached hydrogens (tertiary/aromatic N) is 5. The fourth-order valence-corrected chi connectivity index (χ4v) is 4.81. The predicted octanol–water partition coefficient (Wildman–Crippen LogP) is 6.63. The summed E-state index contributed by atoms with van der Waals surface area (Å²) in [6.07, 6.45) is 2.64. The standard InChI is InChI=1S/C30H35N5O3/c1-21-25-27(33-28(31-21)37-24-13-9-6-10-14-24)35(26(32-25)23-11-7-5-8-12-23)20-17-22-15-18-34(19-16-22)29(36)38-30(2,3)4/h5-14,22H,15-20H2,1-4H3. The second-order valence-corrected chi connectivity index (χ2v) is 10.8. The molecule has 0 unspecified atom stereocenters. The van der Waals surface area contributed by atoms with Crippen molar-refractivity contribution in [2.24, 2.45) is 5.92 Å². The average Bonchev–Trinajstić information content (AvgIpc) is 3.27. The molecule has 0 saturated carbocycles. The van der Waals surface area contributed by atoms with Crippen LogP contribution in [0.2, 0.25) is 0 Å². The maximum Gasteiger partial charge on any atom is 0.410 e. The van der Waals surface area contributed by atoms with Crippen LogP contribution >= 0.6 is 0 Å². The number of para-hydroxylation sites is 1. The Bertz CT molecular complexity index is 1390. The third kappa shape index (κ3) is 5.96. The van der Waals surface area contributed by atoms with E-state index in [0.29, 0.717) is 30.8 Å². The van der Waals surface area contributed by atoms with Gasteiger partial charge in [0.25, 0.3) is 0 Å². The number of piperidine rings is 1. The summed E-state index contributed by atoms with van der Waals surface area (Å²) in [7, 11) is 0. The van der Waals surface area contributed by atoms with Crippen LogP contribution in [0.3, 0.4) is 0 Å². The Morgan fingerprint density at radius 3 is 2.26 bits per heavy atom. The highest BCUT2D eigenvalue weighted by atomic mass is 16.6. The van der Waals surface area contributed by atoms with E-state index in [1.165, 1.54) is 0 Å². The number of carbonyl (C=O) groups is 1. The molecular formula is C30H35N5O3. The molecule has 2 aromatic heterocycles. The Morgan fingerprint density at radius 2 is 1.61 bits per heavy atom. The summed E-state index contributed by atoms with van der Waals surface area (Å²) in [4.78, 5) is 28.7. The third-order valence-electron chi connectivity index (χ3n) is 6.76. The van der Waals surface area contributed by atoms with Gasteiger partial charge in [-0.3, -0.25) is 0 Å². The van der Waals surface area contributed by atoms with E-state index in [0.717, 1.165) is 54.1 Å². The van der Waals surface area contributed by atoms with Crippen molar-refractivity contribution in [1.29, 1.82) is 0 Å². The zero-order chi connectivity index (χ0) is 26.7. The number of hydrogen-bond donors (Lipinski definition) is 0. The highest BCUT2D eigenvalue weighted by Gasteiger charge is 2.27. The van der Waals surface area contributed by atoms with Crippen molar-refractivity contribution in [2.75, 3.05) is 13.1 Å². The number of likely N-dealkylation sites (tertiary alicyclic amines) is 1. The zero-order valence-electron chi connectivity index (χ0n) is 22.6.